The Balaban J connectivity index is 1.85. The van der Waals surface area contributed by atoms with Gasteiger partial charge in [0.15, 0.2) is 0 Å². The lowest BCUT2D eigenvalue weighted by molar-refractivity contribution is -0.144. The van der Waals surface area contributed by atoms with Crippen LogP contribution < -0.4 is 0 Å². The van der Waals surface area contributed by atoms with Crippen LogP contribution in [0.3, 0.4) is 0 Å². The summed E-state index contributed by atoms with van der Waals surface area (Å²) in [6.45, 7) is 0.987. The second-order valence-corrected chi connectivity index (χ2v) is 5.05. The number of hydrogen-bond acceptors (Lipinski definition) is 5. The van der Waals surface area contributed by atoms with E-state index in [1.807, 2.05) is 0 Å². The topological polar surface area (TPSA) is 59.5 Å². The van der Waals surface area contributed by atoms with Gasteiger partial charge in [0.05, 0.1) is 24.6 Å². The molecule has 0 aromatic carbocycles. The van der Waals surface area contributed by atoms with Crippen LogP contribution in [0.1, 0.15) is 17.7 Å². The maximum Gasteiger partial charge on any atom is 0.309 e. The third-order valence-corrected chi connectivity index (χ3v) is 3.53. The molecule has 0 unspecified atom stereocenters. The van der Waals surface area contributed by atoms with Gasteiger partial charge in [-0.15, -0.1) is 11.3 Å². The molecule has 1 aliphatic heterocycles. The van der Waals surface area contributed by atoms with Gasteiger partial charge in [-0.1, -0.05) is 0 Å². The standard InChI is InChI=1S/C11H14N2O3S/c1-13(6-9-5-12-7-17-9)10(14)4-8-2-3-16-11(8)15/h5,7-8H,2-4,6H2,1H3/t8-/m1/s1. The zero-order chi connectivity index (χ0) is 12.3. The fraction of sp³-hybridized carbons (Fsp3) is 0.545. The highest BCUT2D eigenvalue weighted by atomic mass is 32.1. The Morgan fingerprint density at radius 3 is 3.12 bits per heavy atom. The lowest BCUT2D eigenvalue weighted by Gasteiger charge is -2.17. The molecule has 2 heterocycles. The molecule has 5 nitrogen and oxygen atoms in total. The summed E-state index contributed by atoms with van der Waals surface area (Å²) in [6, 6.07) is 0. The normalized spacial score (nSPS) is 19.1. The Hall–Kier alpha value is -1.43. The fourth-order valence-corrected chi connectivity index (χ4v) is 2.38. The molecule has 0 N–H and O–H groups in total. The zero-order valence-electron chi connectivity index (χ0n) is 9.59. The maximum atomic E-state index is 11.9. The zero-order valence-corrected chi connectivity index (χ0v) is 10.4. The van der Waals surface area contributed by atoms with Crippen LogP contribution in [0.5, 0.6) is 0 Å². The average Bonchev–Trinajstić information content (AvgIpc) is 2.91. The molecule has 92 valence electrons. The van der Waals surface area contributed by atoms with E-state index in [0.717, 1.165) is 4.88 Å². The second-order valence-electron chi connectivity index (χ2n) is 4.07. The first-order chi connectivity index (χ1) is 8.16. The SMILES string of the molecule is CN(Cc1cncs1)C(=O)C[C@H]1CCOC1=O. The number of cyclic esters (lactones) is 1. The number of aromatic nitrogens is 1. The summed E-state index contributed by atoms with van der Waals surface area (Å²) < 4.78 is 4.83. The summed E-state index contributed by atoms with van der Waals surface area (Å²) >= 11 is 1.52. The van der Waals surface area contributed by atoms with Crippen molar-refractivity contribution in [3.63, 3.8) is 0 Å². The van der Waals surface area contributed by atoms with Crippen LogP contribution in [-0.2, 0) is 20.9 Å². The quantitative estimate of drug-likeness (QED) is 0.754. The lowest BCUT2D eigenvalue weighted by Crippen LogP contribution is -2.28. The van der Waals surface area contributed by atoms with Crippen molar-refractivity contribution in [1.82, 2.24) is 9.88 Å². The third-order valence-electron chi connectivity index (χ3n) is 2.77. The molecule has 1 aliphatic rings. The van der Waals surface area contributed by atoms with Gasteiger partial charge in [-0.3, -0.25) is 14.6 Å². The third kappa shape index (κ3) is 3.03. The molecular weight excluding hydrogens is 240 g/mol. The number of carbonyl (C=O) groups is 2. The summed E-state index contributed by atoms with van der Waals surface area (Å²) in [4.78, 5) is 29.7. The number of thiazole rings is 1. The van der Waals surface area contributed by atoms with Gasteiger partial charge >= 0.3 is 5.97 Å². The van der Waals surface area contributed by atoms with Crippen molar-refractivity contribution < 1.29 is 14.3 Å². The van der Waals surface area contributed by atoms with Crippen molar-refractivity contribution in [2.75, 3.05) is 13.7 Å². The highest BCUT2D eigenvalue weighted by molar-refractivity contribution is 7.09. The molecule has 6 heteroatoms. The predicted molar refractivity (Wildman–Crippen MR) is 62.3 cm³/mol. The minimum absolute atomic E-state index is 0.0257. The summed E-state index contributed by atoms with van der Waals surface area (Å²) in [5.41, 5.74) is 1.74. The van der Waals surface area contributed by atoms with Gasteiger partial charge in [0.2, 0.25) is 5.91 Å². The van der Waals surface area contributed by atoms with Crippen molar-refractivity contribution in [3.8, 4) is 0 Å². The van der Waals surface area contributed by atoms with Crippen LogP contribution >= 0.6 is 11.3 Å². The monoisotopic (exact) mass is 254 g/mol. The van der Waals surface area contributed by atoms with Crippen LogP contribution in [0.4, 0.5) is 0 Å². The molecule has 0 radical (unpaired) electrons. The van der Waals surface area contributed by atoms with Gasteiger partial charge in [0.1, 0.15) is 0 Å². The van der Waals surface area contributed by atoms with Crippen LogP contribution in [0.2, 0.25) is 0 Å². The van der Waals surface area contributed by atoms with Gasteiger partial charge in [-0.2, -0.15) is 0 Å². The largest absolute Gasteiger partial charge is 0.465 e. The Kier molecular flexibility index (Phi) is 3.73. The molecule has 0 bridgehead atoms. The Labute approximate surface area is 103 Å². The number of esters is 1. The summed E-state index contributed by atoms with van der Waals surface area (Å²) in [7, 11) is 1.74. The van der Waals surface area contributed by atoms with Crippen LogP contribution in [0, 0.1) is 5.92 Å². The molecule has 0 saturated carbocycles. The Bertz CT molecular complexity index is 405. The molecule has 0 spiro atoms. The van der Waals surface area contributed by atoms with Crippen LogP contribution in [0.25, 0.3) is 0 Å². The summed E-state index contributed by atoms with van der Waals surface area (Å²) in [5, 5.41) is 0. The molecule has 1 atom stereocenters. The first-order valence-corrected chi connectivity index (χ1v) is 6.32. The van der Waals surface area contributed by atoms with Gasteiger partial charge in [-0.05, 0) is 6.42 Å². The van der Waals surface area contributed by atoms with Gasteiger partial charge in [0.25, 0.3) is 0 Å². The average molecular weight is 254 g/mol. The maximum absolute atomic E-state index is 11.9. The van der Waals surface area contributed by atoms with Crippen molar-refractivity contribution in [3.05, 3.63) is 16.6 Å². The van der Waals surface area contributed by atoms with Crippen LogP contribution in [0.15, 0.2) is 11.7 Å². The highest BCUT2D eigenvalue weighted by Gasteiger charge is 2.29. The number of rotatable bonds is 4. The molecule has 2 rings (SSSR count). The van der Waals surface area contributed by atoms with Crippen molar-refractivity contribution in [1.29, 1.82) is 0 Å². The first kappa shape index (κ1) is 12.0. The van der Waals surface area contributed by atoms with E-state index in [1.54, 1.807) is 23.7 Å². The van der Waals surface area contributed by atoms with E-state index in [1.165, 1.54) is 11.3 Å². The summed E-state index contributed by atoms with van der Waals surface area (Å²) in [5.74, 6) is -0.529. The van der Waals surface area contributed by atoms with Crippen molar-refractivity contribution in [2.45, 2.75) is 19.4 Å². The molecular formula is C11H14N2O3S. The van der Waals surface area contributed by atoms with Gasteiger partial charge in [-0.25, -0.2) is 0 Å². The van der Waals surface area contributed by atoms with Crippen molar-refractivity contribution >= 4 is 23.2 Å². The lowest BCUT2D eigenvalue weighted by atomic mass is 10.0. The minimum Gasteiger partial charge on any atom is -0.465 e. The van der Waals surface area contributed by atoms with E-state index in [2.05, 4.69) is 4.98 Å². The van der Waals surface area contributed by atoms with Gasteiger partial charge in [0, 0.05) is 24.5 Å². The van der Waals surface area contributed by atoms with Crippen LogP contribution in [-0.4, -0.2) is 35.4 Å². The second kappa shape index (κ2) is 5.27. The van der Waals surface area contributed by atoms with E-state index < -0.39 is 0 Å². The Morgan fingerprint density at radius 2 is 2.53 bits per heavy atom. The predicted octanol–water partition coefficient (Wildman–Crippen LogP) is 1.05. The number of amides is 1. The molecule has 17 heavy (non-hydrogen) atoms. The van der Waals surface area contributed by atoms with E-state index in [-0.39, 0.29) is 24.2 Å². The number of ether oxygens (including phenoxy) is 1. The molecule has 1 amide bonds. The molecule has 1 fully saturated rings. The molecule has 1 saturated heterocycles. The van der Waals surface area contributed by atoms with E-state index in [0.29, 0.717) is 19.6 Å². The van der Waals surface area contributed by atoms with E-state index >= 15 is 0 Å². The fourth-order valence-electron chi connectivity index (χ4n) is 1.73. The number of carbonyl (C=O) groups excluding carboxylic acids is 2. The Morgan fingerprint density at radius 1 is 1.71 bits per heavy atom. The van der Waals surface area contributed by atoms with E-state index in [4.69, 9.17) is 4.74 Å². The number of hydrogen-bond donors (Lipinski definition) is 0. The molecule has 1 aromatic rings. The smallest absolute Gasteiger partial charge is 0.309 e. The molecule has 0 aliphatic carbocycles. The van der Waals surface area contributed by atoms with E-state index in [9.17, 15) is 9.59 Å². The molecule has 1 aromatic heterocycles. The first-order valence-electron chi connectivity index (χ1n) is 5.45. The number of nitrogens with zero attached hydrogens (tertiary/aromatic N) is 2. The van der Waals surface area contributed by atoms with Crippen molar-refractivity contribution in [2.24, 2.45) is 5.92 Å². The van der Waals surface area contributed by atoms with Gasteiger partial charge < -0.3 is 9.64 Å². The summed E-state index contributed by atoms with van der Waals surface area (Å²) in [6.07, 6.45) is 2.64. The highest BCUT2D eigenvalue weighted by Crippen LogP contribution is 2.19. The minimum atomic E-state index is -0.258.